The predicted octanol–water partition coefficient (Wildman–Crippen LogP) is 0.334. The Bertz CT molecular complexity index is 227. The molecule has 4 nitrogen and oxygen atoms in total. The first kappa shape index (κ1) is 7.94. The Labute approximate surface area is 65.4 Å². The summed E-state index contributed by atoms with van der Waals surface area (Å²) in [5, 5.41) is 0. The molecule has 1 heterocycles. The van der Waals surface area contributed by atoms with Gasteiger partial charge in [0.15, 0.2) is 0 Å². The normalized spacial score (nSPS) is 9.64. The van der Waals surface area contributed by atoms with E-state index in [4.69, 9.17) is 10.5 Å². The molecular weight excluding hydrogens is 142 g/mol. The van der Waals surface area contributed by atoms with E-state index in [1.54, 1.807) is 6.20 Å². The van der Waals surface area contributed by atoms with Crippen LogP contribution in [0.2, 0.25) is 0 Å². The van der Waals surface area contributed by atoms with Gasteiger partial charge in [0.1, 0.15) is 6.33 Å². The van der Waals surface area contributed by atoms with Gasteiger partial charge in [0.25, 0.3) is 0 Å². The standard InChI is InChI=1S/C7H11N3O/c1-2-11-7-6(3-8)4-9-5-10-7/h4-5H,2-3,8H2,1H3. The number of nitrogens with two attached hydrogens (primary N) is 1. The molecule has 60 valence electrons. The highest BCUT2D eigenvalue weighted by Crippen LogP contribution is 2.10. The van der Waals surface area contributed by atoms with Crippen molar-refractivity contribution in [2.24, 2.45) is 5.73 Å². The Balaban J connectivity index is 2.83. The van der Waals surface area contributed by atoms with Crippen LogP contribution in [-0.2, 0) is 6.54 Å². The Morgan fingerprint density at radius 3 is 3.09 bits per heavy atom. The van der Waals surface area contributed by atoms with Crippen LogP contribution in [0.5, 0.6) is 5.88 Å². The molecule has 0 spiro atoms. The Morgan fingerprint density at radius 2 is 2.45 bits per heavy atom. The summed E-state index contributed by atoms with van der Waals surface area (Å²) in [6.07, 6.45) is 3.11. The number of aromatic nitrogens is 2. The topological polar surface area (TPSA) is 61.0 Å². The molecular formula is C7H11N3O. The van der Waals surface area contributed by atoms with E-state index >= 15 is 0 Å². The molecule has 0 aromatic carbocycles. The van der Waals surface area contributed by atoms with Gasteiger partial charge in [0, 0.05) is 18.3 Å². The molecule has 0 aliphatic carbocycles. The second kappa shape index (κ2) is 3.88. The second-order valence-electron chi connectivity index (χ2n) is 1.99. The van der Waals surface area contributed by atoms with Gasteiger partial charge >= 0.3 is 0 Å². The largest absolute Gasteiger partial charge is 0.478 e. The zero-order valence-electron chi connectivity index (χ0n) is 6.45. The molecule has 0 saturated carbocycles. The molecule has 2 N–H and O–H groups in total. The highest BCUT2D eigenvalue weighted by Gasteiger charge is 2.00. The van der Waals surface area contributed by atoms with Crippen LogP contribution in [0.1, 0.15) is 12.5 Å². The minimum Gasteiger partial charge on any atom is -0.478 e. The van der Waals surface area contributed by atoms with E-state index in [1.165, 1.54) is 6.33 Å². The Kier molecular flexibility index (Phi) is 2.80. The highest BCUT2D eigenvalue weighted by molar-refractivity contribution is 5.21. The lowest BCUT2D eigenvalue weighted by Crippen LogP contribution is -2.04. The van der Waals surface area contributed by atoms with E-state index in [2.05, 4.69) is 9.97 Å². The molecule has 1 rings (SSSR count). The predicted molar refractivity (Wildman–Crippen MR) is 41.1 cm³/mol. The molecule has 0 amide bonds. The summed E-state index contributed by atoms with van der Waals surface area (Å²) in [6, 6.07) is 0. The number of rotatable bonds is 3. The summed E-state index contributed by atoms with van der Waals surface area (Å²) in [4.78, 5) is 7.75. The van der Waals surface area contributed by atoms with Gasteiger partial charge in [-0.05, 0) is 6.92 Å². The van der Waals surface area contributed by atoms with Gasteiger partial charge in [0.2, 0.25) is 5.88 Å². The summed E-state index contributed by atoms with van der Waals surface area (Å²) in [5.74, 6) is 0.588. The minimum atomic E-state index is 0.413. The second-order valence-corrected chi connectivity index (χ2v) is 1.99. The zero-order valence-corrected chi connectivity index (χ0v) is 6.45. The summed E-state index contributed by atoms with van der Waals surface area (Å²) >= 11 is 0. The van der Waals surface area contributed by atoms with E-state index < -0.39 is 0 Å². The van der Waals surface area contributed by atoms with Crippen molar-refractivity contribution in [3.63, 3.8) is 0 Å². The quantitative estimate of drug-likeness (QED) is 0.680. The average molecular weight is 153 g/mol. The first-order valence-corrected chi connectivity index (χ1v) is 3.50. The van der Waals surface area contributed by atoms with E-state index in [1.807, 2.05) is 6.92 Å². The summed E-state index contributed by atoms with van der Waals surface area (Å²) in [5.41, 5.74) is 6.26. The molecule has 0 saturated heterocycles. The van der Waals surface area contributed by atoms with Gasteiger partial charge in [-0.2, -0.15) is 0 Å². The van der Waals surface area contributed by atoms with E-state index in [-0.39, 0.29) is 0 Å². The van der Waals surface area contributed by atoms with Gasteiger partial charge in [0.05, 0.1) is 6.61 Å². The number of nitrogens with zero attached hydrogens (tertiary/aromatic N) is 2. The van der Waals surface area contributed by atoms with E-state index in [9.17, 15) is 0 Å². The van der Waals surface area contributed by atoms with Gasteiger partial charge < -0.3 is 10.5 Å². The van der Waals surface area contributed by atoms with Crippen molar-refractivity contribution >= 4 is 0 Å². The lowest BCUT2D eigenvalue weighted by molar-refractivity contribution is 0.322. The Hall–Kier alpha value is -1.16. The fourth-order valence-corrected chi connectivity index (χ4v) is 0.754. The number of ether oxygens (including phenoxy) is 1. The molecule has 1 aromatic heterocycles. The molecule has 11 heavy (non-hydrogen) atoms. The third kappa shape index (κ3) is 1.88. The van der Waals surface area contributed by atoms with Crippen LogP contribution in [0.3, 0.4) is 0 Å². The fraction of sp³-hybridized carbons (Fsp3) is 0.429. The lowest BCUT2D eigenvalue weighted by atomic mass is 10.3. The van der Waals surface area contributed by atoms with Crippen molar-refractivity contribution < 1.29 is 4.74 Å². The molecule has 0 aliphatic heterocycles. The average Bonchev–Trinajstić information content (AvgIpc) is 2.06. The highest BCUT2D eigenvalue weighted by atomic mass is 16.5. The van der Waals surface area contributed by atoms with Gasteiger partial charge in [-0.25, -0.2) is 9.97 Å². The SMILES string of the molecule is CCOc1ncncc1CN. The molecule has 0 bridgehead atoms. The molecule has 1 aromatic rings. The van der Waals surface area contributed by atoms with Crippen LogP contribution >= 0.6 is 0 Å². The smallest absolute Gasteiger partial charge is 0.220 e. The maximum Gasteiger partial charge on any atom is 0.220 e. The maximum absolute atomic E-state index is 5.42. The van der Waals surface area contributed by atoms with E-state index in [0.29, 0.717) is 19.0 Å². The van der Waals surface area contributed by atoms with Gasteiger partial charge in [-0.3, -0.25) is 0 Å². The van der Waals surface area contributed by atoms with Crippen molar-refractivity contribution in [3.05, 3.63) is 18.1 Å². The van der Waals surface area contributed by atoms with Crippen molar-refractivity contribution in [2.45, 2.75) is 13.5 Å². The van der Waals surface area contributed by atoms with E-state index in [0.717, 1.165) is 5.56 Å². The van der Waals surface area contributed by atoms with Crippen molar-refractivity contribution in [1.29, 1.82) is 0 Å². The summed E-state index contributed by atoms with van der Waals surface area (Å²) in [6.45, 7) is 2.92. The van der Waals surface area contributed by atoms with Crippen LogP contribution in [0.4, 0.5) is 0 Å². The first-order chi connectivity index (χ1) is 5.38. The van der Waals surface area contributed by atoms with Crippen LogP contribution in [0.25, 0.3) is 0 Å². The van der Waals surface area contributed by atoms with Gasteiger partial charge in [-0.15, -0.1) is 0 Å². The number of hydrogen-bond acceptors (Lipinski definition) is 4. The first-order valence-electron chi connectivity index (χ1n) is 3.50. The monoisotopic (exact) mass is 153 g/mol. The molecule has 0 atom stereocenters. The molecule has 0 radical (unpaired) electrons. The van der Waals surface area contributed by atoms with Crippen molar-refractivity contribution in [3.8, 4) is 5.88 Å². The number of hydrogen-bond donors (Lipinski definition) is 1. The molecule has 4 heteroatoms. The van der Waals surface area contributed by atoms with Crippen LogP contribution in [-0.4, -0.2) is 16.6 Å². The summed E-state index contributed by atoms with van der Waals surface area (Å²) < 4.78 is 5.20. The third-order valence-corrected chi connectivity index (χ3v) is 1.25. The fourth-order valence-electron chi connectivity index (χ4n) is 0.754. The third-order valence-electron chi connectivity index (χ3n) is 1.25. The zero-order chi connectivity index (χ0) is 8.10. The summed E-state index contributed by atoms with van der Waals surface area (Å²) in [7, 11) is 0. The minimum absolute atomic E-state index is 0.413. The van der Waals surface area contributed by atoms with Crippen LogP contribution in [0, 0.1) is 0 Å². The van der Waals surface area contributed by atoms with Crippen LogP contribution < -0.4 is 10.5 Å². The lowest BCUT2D eigenvalue weighted by Gasteiger charge is -2.04. The molecule has 0 aliphatic rings. The molecule has 0 fully saturated rings. The van der Waals surface area contributed by atoms with Gasteiger partial charge in [-0.1, -0.05) is 0 Å². The maximum atomic E-state index is 5.42. The van der Waals surface area contributed by atoms with Crippen LogP contribution in [0.15, 0.2) is 12.5 Å². The Morgan fingerprint density at radius 1 is 1.64 bits per heavy atom. The molecule has 0 unspecified atom stereocenters. The van der Waals surface area contributed by atoms with Crippen molar-refractivity contribution in [2.75, 3.05) is 6.61 Å². The van der Waals surface area contributed by atoms with Crippen molar-refractivity contribution in [1.82, 2.24) is 9.97 Å².